The molecule has 2 aromatic rings. The van der Waals surface area contributed by atoms with Gasteiger partial charge < -0.3 is 20.7 Å². The van der Waals surface area contributed by atoms with E-state index in [-0.39, 0.29) is 23.9 Å². The van der Waals surface area contributed by atoms with Gasteiger partial charge in [-0.15, -0.1) is 0 Å². The molecule has 0 aliphatic carbocycles. The summed E-state index contributed by atoms with van der Waals surface area (Å²) < 4.78 is 5.16. The molecule has 0 saturated carbocycles. The number of hydrogen-bond donors (Lipinski definition) is 3. The van der Waals surface area contributed by atoms with Crippen molar-refractivity contribution in [1.29, 1.82) is 0 Å². The molecule has 164 valence electrons. The van der Waals surface area contributed by atoms with Crippen LogP contribution in [0.1, 0.15) is 42.1 Å². The van der Waals surface area contributed by atoms with Crippen LogP contribution < -0.4 is 16.0 Å². The molecule has 0 aliphatic rings. The van der Waals surface area contributed by atoms with E-state index in [1.807, 2.05) is 37.3 Å². The lowest BCUT2D eigenvalue weighted by molar-refractivity contribution is -0.145. The van der Waals surface area contributed by atoms with Gasteiger partial charge in [-0.3, -0.25) is 14.4 Å². The lowest BCUT2D eigenvalue weighted by atomic mass is 10.1. The van der Waals surface area contributed by atoms with Crippen molar-refractivity contribution in [1.82, 2.24) is 10.6 Å². The van der Waals surface area contributed by atoms with Crippen LogP contribution in [-0.4, -0.2) is 36.0 Å². The largest absolute Gasteiger partial charge is 0.466 e. The van der Waals surface area contributed by atoms with E-state index < -0.39 is 11.9 Å². The highest BCUT2D eigenvalue weighted by Crippen LogP contribution is 2.10. The Labute approximate surface area is 187 Å². The van der Waals surface area contributed by atoms with Crippen molar-refractivity contribution < 1.29 is 19.1 Å². The molecule has 0 radical (unpaired) electrons. The molecule has 0 atom stereocenters. The lowest BCUT2D eigenvalue weighted by Gasteiger charge is -2.11. The smallest absolute Gasteiger partial charge is 0.306 e. The predicted octanol–water partition coefficient (Wildman–Crippen LogP) is 3.21. The summed E-state index contributed by atoms with van der Waals surface area (Å²) in [7, 11) is 0. The van der Waals surface area contributed by atoms with Crippen molar-refractivity contribution in [3.8, 4) is 0 Å². The molecule has 2 rings (SSSR count). The van der Waals surface area contributed by atoms with E-state index in [9.17, 15) is 14.4 Å². The van der Waals surface area contributed by atoms with Crippen LogP contribution in [0.15, 0.2) is 54.6 Å². The van der Waals surface area contributed by atoms with Gasteiger partial charge >= 0.3 is 5.97 Å². The van der Waals surface area contributed by atoms with Crippen molar-refractivity contribution in [2.75, 3.05) is 18.5 Å². The Kier molecular flexibility index (Phi) is 10.2. The molecule has 0 bridgehead atoms. The molecule has 0 fully saturated rings. The van der Waals surface area contributed by atoms with Gasteiger partial charge in [0.25, 0.3) is 5.91 Å². The molecule has 0 saturated heterocycles. The quantitative estimate of drug-likeness (QED) is 0.298. The molecule has 31 heavy (non-hydrogen) atoms. The van der Waals surface area contributed by atoms with Crippen LogP contribution in [0.2, 0.25) is 0 Å². The number of anilines is 1. The Morgan fingerprint density at radius 2 is 1.77 bits per heavy atom. The molecule has 0 unspecified atom stereocenters. The second-order valence-corrected chi connectivity index (χ2v) is 7.16. The van der Waals surface area contributed by atoms with Gasteiger partial charge in [0.1, 0.15) is 0 Å². The van der Waals surface area contributed by atoms with Gasteiger partial charge in [-0.25, -0.2) is 0 Å². The number of amides is 2. The van der Waals surface area contributed by atoms with Crippen LogP contribution in [0.3, 0.4) is 0 Å². The second kappa shape index (κ2) is 13.1. The molecular formula is C23H27N3O4S. The molecule has 0 aromatic heterocycles. The highest BCUT2D eigenvalue weighted by molar-refractivity contribution is 7.80. The fraction of sp³-hybridized carbons (Fsp3) is 0.304. The maximum atomic E-state index is 12.0. The van der Waals surface area contributed by atoms with E-state index >= 15 is 0 Å². The first-order valence-corrected chi connectivity index (χ1v) is 10.6. The fourth-order valence-corrected chi connectivity index (χ4v) is 2.98. The number of hydrogen-bond acceptors (Lipinski definition) is 5. The van der Waals surface area contributed by atoms with Crippen molar-refractivity contribution >= 4 is 40.8 Å². The van der Waals surface area contributed by atoms with E-state index in [1.54, 1.807) is 24.3 Å². The maximum absolute atomic E-state index is 12.0. The SMILES string of the molecule is CCNC(=O)c1cccc(NC(=S)NC(=O)CCC(=O)OCCCc2ccccc2)c1. The second-order valence-electron chi connectivity index (χ2n) is 6.75. The Morgan fingerprint density at radius 1 is 1.00 bits per heavy atom. The van der Waals surface area contributed by atoms with Crippen molar-refractivity contribution in [2.45, 2.75) is 32.6 Å². The van der Waals surface area contributed by atoms with Gasteiger partial charge in [0.05, 0.1) is 13.0 Å². The Balaban J connectivity index is 1.65. The number of esters is 1. The first-order valence-electron chi connectivity index (χ1n) is 10.2. The number of ether oxygens (including phenoxy) is 1. The number of nitrogens with one attached hydrogen (secondary N) is 3. The summed E-state index contributed by atoms with van der Waals surface area (Å²) in [5.74, 6) is -1.00. The highest BCUT2D eigenvalue weighted by Gasteiger charge is 2.11. The van der Waals surface area contributed by atoms with Gasteiger partial charge in [0.15, 0.2) is 5.11 Å². The zero-order valence-electron chi connectivity index (χ0n) is 17.5. The third-order valence-electron chi connectivity index (χ3n) is 4.24. The normalized spacial score (nSPS) is 10.1. The summed E-state index contributed by atoms with van der Waals surface area (Å²) in [4.78, 5) is 35.7. The predicted molar refractivity (Wildman–Crippen MR) is 124 cm³/mol. The number of rotatable bonds is 10. The topological polar surface area (TPSA) is 96.5 Å². The minimum Gasteiger partial charge on any atom is -0.466 e. The minimum atomic E-state index is -0.420. The molecule has 0 aliphatic heterocycles. The molecule has 0 heterocycles. The summed E-state index contributed by atoms with van der Waals surface area (Å²) in [6.07, 6.45) is 1.51. The first kappa shape index (κ1) is 24.0. The summed E-state index contributed by atoms with van der Waals surface area (Å²) in [5.41, 5.74) is 2.25. The summed E-state index contributed by atoms with van der Waals surface area (Å²) in [5, 5.41) is 8.19. The number of carbonyl (C=O) groups excluding carboxylic acids is 3. The molecule has 2 aromatic carbocycles. The van der Waals surface area contributed by atoms with Crippen LogP contribution in [0.25, 0.3) is 0 Å². The van der Waals surface area contributed by atoms with E-state index in [4.69, 9.17) is 17.0 Å². The zero-order valence-corrected chi connectivity index (χ0v) is 18.3. The fourth-order valence-electron chi connectivity index (χ4n) is 2.75. The monoisotopic (exact) mass is 441 g/mol. The number of benzene rings is 2. The summed E-state index contributed by atoms with van der Waals surface area (Å²) in [6, 6.07) is 16.7. The van der Waals surface area contributed by atoms with Crippen molar-refractivity contribution in [3.05, 3.63) is 65.7 Å². The molecular weight excluding hydrogens is 414 g/mol. The Bertz CT molecular complexity index is 903. The number of aryl methyl sites for hydroxylation is 1. The van der Waals surface area contributed by atoms with Crippen LogP contribution >= 0.6 is 12.2 Å². The Hall–Kier alpha value is -3.26. The van der Waals surface area contributed by atoms with Crippen molar-refractivity contribution in [2.24, 2.45) is 0 Å². The molecule has 2 amide bonds. The average molecular weight is 442 g/mol. The van der Waals surface area contributed by atoms with E-state index in [0.29, 0.717) is 24.4 Å². The molecule has 7 nitrogen and oxygen atoms in total. The van der Waals surface area contributed by atoms with Crippen LogP contribution in [0.4, 0.5) is 5.69 Å². The number of thiocarbonyl (C=S) groups is 1. The van der Waals surface area contributed by atoms with E-state index in [0.717, 1.165) is 12.8 Å². The molecule has 3 N–H and O–H groups in total. The molecule has 0 spiro atoms. The van der Waals surface area contributed by atoms with E-state index in [2.05, 4.69) is 16.0 Å². The van der Waals surface area contributed by atoms with Crippen LogP contribution in [0, 0.1) is 0 Å². The maximum Gasteiger partial charge on any atom is 0.306 e. The average Bonchev–Trinajstić information content (AvgIpc) is 2.76. The summed E-state index contributed by atoms with van der Waals surface area (Å²) in [6.45, 7) is 2.68. The minimum absolute atomic E-state index is 0.0214. The third-order valence-corrected chi connectivity index (χ3v) is 4.45. The van der Waals surface area contributed by atoms with Crippen LogP contribution in [0.5, 0.6) is 0 Å². The third kappa shape index (κ3) is 9.39. The highest BCUT2D eigenvalue weighted by atomic mass is 32.1. The van der Waals surface area contributed by atoms with Gasteiger partial charge in [-0.2, -0.15) is 0 Å². The van der Waals surface area contributed by atoms with E-state index in [1.165, 1.54) is 5.56 Å². The van der Waals surface area contributed by atoms with Crippen LogP contribution in [-0.2, 0) is 20.7 Å². The first-order chi connectivity index (χ1) is 15.0. The van der Waals surface area contributed by atoms with Gasteiger partial charge in [-0.1, -0.05) is 36.4 Å². The Morgan fingerprint density at radius 3 is 2.52 bits per heavy atom. The van der Waals surface area contributed by atoms with Crippen molar-refractivity contribution in [3.63, 3.8) is 0 Å². The lowest BCUT2D eigenvalue weighted by Crippen LogP contribution is -2.34. The van der Waals surface area contributed by atoms with Gasteiger partial charge in [-0.05, 0) is 55.7 Å². The van der Waals surface area contributed by atoms with Gasteiger partial charge in [0, 0.05) is 24.2 Å². The summed E-state index contributed by atoms with van der Waals surface area (Å²) >= 11 is 5.12. The standard InChI is InChI=1S/C23H27N3O4S/c1-2-24-22(29)18-11-6-12-19(16-18)25-23(31)26-20(27)13-14-21(28)30-15-7-10-17-8-4-3-5-9-17/h3-6,8-9,11-12,16H,2,7,10,13-15H2,1H3,(H,24,29)(H2,25,26,27,31). The van der Waals surface area contributed by atoms with Gasteiger partial charge in [0.2, 0.25) is 5.91 Å². The number of carbonyl (C=O) groups is 3. The zero-order chi connectivity index (χ0) is 22.5. The molecule has 8 heteroatoms.